The number of aliphatic hydroxyl groups excluding tert-OH is 2. The summed E-state index contributed by atoms with van der Waals surface area (Å²) >= 11 is 0. The number of hydrogen-bond acceptors (Lipinski definition) is 4. The van der Waals surface area contributed by atoms with Gasteiger partial charge in [-0.05, 0) is 11.1 Å². The lowest BCUT2D eigenvalue weighted by Crippen LogP contribution is -2.21. The van der Waals surface area contributed by atoms with Crippen LogP contribution in [0.3, 0.4) is 0 Å². The van der Waals surface area contributed by atoms with E-state index < -0.39 is 24.1 Å². The average Bonchev–Trinajstić information content (AvgIpc) is 2.57. The van der Waals surface area contributed by atoms with Crippen LogP contribution in [0, 0.1) is 0 Å². The first-order valence-corrected chi connectivity index (χ1v) is 7.29. The Morgan fingerprint density at radius 3 is 1.21 bits per heavy atom. The molecule has 6 nitrogen and oxygen atoms in total. The van der Waals surface area contributed by atoms with Crippen LogP contribution < -0.4 is 0 Å². The first-order chi connectivity index (χ1) is 11.4. The van der Waals surface area contributed by atoms with Crippen molar-refractivity contribution in [3.8, 4) is 0 Å². The normalized spacial score (nSPS) is 12.4. The summed E-state index contributed by atoms with van der Waals surface area (Å²) < 4.78 is 0. The first kappa shape index (κ1) is 19.3. The molecule has 0 aliphatic carbocycles. The third-order valence-electron chi connectivity index (χ3n) is 3.11. The van der Waals surface area contributed by atoms with Crippen molar-refractivity contribution in [2.75, 3.05) is 0 Å². The van der Waals surface area contributed by atoms with E-state index in [4.69, 9.17) is 20.4 Å². The molecular formula is C18H20O6. The smallest absolute Gasteiger partial charge is 0.332 e. The minimum atomic E-state index is -1.30. The van der Waals surface area contributed by atoms with Crippen LogP contribution >= 0.6 is 0 Å². The van der Waals surface area contributed by atoms with Gasteiger partial charge in [-0.3, -0.25) is 0 Å². The highest BCUT2D eigenvalue weighted by atomic mass is 16.4. The fraction of sp³-hybridized carbons (Fsp3) is 0.222. The van der Waals surface area contributed by atoms with Gasteiger partial charge in [-0.25, -0.2) is 9.59 Å². The quantitative estimate of drug-likeness (QED) is 0.635. The molecule has 0 fully saturated rings. The van der Waals surface area contributed by atoms with Gasteiger partial charge in [0.05, 0.1) is 0 Å². The Hall–Kier alpha value is -2.70. The van der Waals surface area contributed by atoms with Gasteiger partial charge in [-0.2, -0.15) is 0 Å². The largest absolute Gasteiger partial charge is 0.479 e. The second-order valence-corrected chi connectivity index (χ2v) is 5.09. The van der Waals surface area contributed by atoms with Crippen LogP contribution in [0.15, 0.2) is 60.7 Å². The molecule has 2 rings (SSSR count). The summed E-state index contributed by atoms with van der Waals surface area (Å²) in [6.07, 6.45) is -2.27. The fourth-order valence-corrected chi connectivity index (χ4v) is 1.85. The number of rotatable bonds is 6. The van der Waals surface area contributed by atoms with E-state index in [1.54, 1.807) is 24.3 Å². The number of hydrogen-bond donors (Lipinski definition) is 4. The topological polar surface area (TPSA) is 115 Å². The summed E-state index contributed by atoms with van der Waals surface area (Å²) in [7, 11) is 0. The van der Waals surface area contributed by atoms with E-state index in [0.717, 1.165) is 11.1 Å². The lowest BCUT2D eigenvalue weighted by Gasteiger charge is -2.03. The number of carboxylic acids is 2. The van der Waals surface area contributed by atoms with Crippen molar-refractivity contribution < 1.29 is 30.0 Å². The summed E-state index contributed by atoms with van der Waals surface area (Å²) in [5.74, 6) is -2.36. The molecule has 2 aromatic carbocycles. The van der Waals surface area contributed by atoms with Crippen molar-refractivity contribution in [1.82, 2.24) is 0 Å². The van der Waals surface area contributed by atoms with Gasteiger partial charge in [-0.1, -0.05) is 60.7 Å². The molecule has 128 valence electrons. The van der Waals surface area contributed by atoms with Gasteiger partial charge in [0.25, 0.3) is 0 Å². The molecule has 2 unspecified atom stereocenters. The molecule has 0 amide bonds. The van der Waals surface area contributed by atoms with Crippen molar-refractivity contribution in [2.45, 2.75) is 25.0 Å². The summed E-state index contributed by atoms with van der Waals surface area (Å²) in [4.78, 5) is 20.5. The zero-order valence-corrected chi connectivity index (χ0v) is 12.9. The number of aliphatic carboxylic acids is 2. The minimum Gasteiger partial charge on any atom is -0.479 e. The zero-order chi connectivity index (χ0) is 17.9. The maximum absolute atomic E-state index is 10.3. The van der Waals surface area contributed by atoms with E-state index in [1.165, 1.54) is 0 Å². The molecule has 0 spiro atoms. The lowest BCUT2D eigenvalue weighted by molar-refractivity contribution is -0.147. The number of carbonyl (C=O) groups is 2. The summed E-state index contributed by atoms with van der Waals surface area (Å²) in [6, 6.07) is 18.1. The number of carboxylic acid groups (broad SMARTS) is 2. The molecule has 4 N–H and O–H groups in total. The molecule has 2 aromatic rings. The van der Waals surface area contributed by atoms with E-state index >= 15 is 0 Å². The van der Waals surface area contributed by atoms with Gasteiger partial charge < -0.3 is 20.4 Å². The van der Waals surface area contributed by atoms with Crippen LogP contribution in [0.4, 0.5) is 0 Å². The monoisotopic (exact) mass is 332 g/mol. The Kier molecular flexibility index (Phi) is 8.18. The minimum absolute atomic E-state index is 0.163. The Labute approximate surface area is 139 Å². The molecular weight excluding hydrogens is 312 g/mol. The molecule has 0 aromatic heterocycles. The standard InChI is InChI=1S/2C9H10O3/c2*10-8(9(11)12)6-7-4-2-1-3-5-7/h2*1-5,8,10H,6H2,(H,11,12). The molecule has 0 radical (unpaired) electrons. The third-order valence-corrected chi connectivity index (χ3v) is 3.11. The van der Waals surface area contributed by atoms with Crippen molar-refractivity contribution in [1.29, 1.82) is 0 Å². The van der Waals surface area contributed by atoms with E-state index in [9.17, 15) is 9.59 Å². The molecule has 0 aliphatic rings. The van der Waals surface area contributed by atoms with E-state index in [1.807, 2.05) is 36.4 Å². The molecule has 0 heterocycles. The van der Waals surface area contributed by atoms with Crippen LogP contribution in [-0.4, -0.2) is 44.6 Å². The highest BCUT2D eigenvalue weighted by Crippen LogP contribution is 2.03. The van der Waals surface area contributed by atoms with Gasteiger partial charge in [0, 0.05) is 12.8 Å². The molecule has 24 heavy (non-hydrogen) atoms. The van der Waals surface area contributed by atoms with Gasteiger partial charge in [0.15, 0.2) is 12.2 Å². The Balaban J connectivity index is 0.000000240. The van der Waals surface area contributed by atoms with Gasteiger partial charge in [0.2, 0.25) is 0 Å². The fourth-order valence-electron chi connectivity index (χ4n) is 1.85. The van der Waals surface area contributed by atoms with Crippen molar-refractivity contribution in [2.24, 2.45) is 0 Å². The SMILES string of the molecule is O=C(O)C(O)Cc1ccccc1.O=C(O)C(O)Cc1ccccc1. The second kappa shape index (κ2) is 10.1. The molecule has 2 atom stereocenters. The van der Waals surface area contributed by atoms with Crippen molar-refractivity contribution in [3.05, 3.63) is 71.8 Å². The van der Waals surface area contributed by atoms with Gasteiger partial charge >= 0.3 is 11.9 Å². The highest BCUT2D eigenvalue weighted by Gasteiger charge is 2.13. The van der Waals surface area contributed by atoms with Crippen LogP contribution in [0.1, 0.15) is 11.1 Å². The van der Waals surface area contributed by atoms with Crippen LogP contribution in [-0.2, 0) is 22.4 Å². The average molecular weight is 332 g/mol. The second-order valence-electron chi connectivity index (χ2n) is 5.09. The van der Waals surface area contributed by atoms with E-state index in [0.29, 0.717) is 0 Å². The number of benzene rings is 2. The predicted octanol–water partition coefficient (Wildman–Crippen LogP) is 1.35. The van der Waals surface area contributed by atoms with Crippen LogP contribution in [0.5, 0.6) is 0 Å². The van der Waals surface area contributed by atoms with E-state index in [-0.39, 0.29) is 12.8 Å². The Bertz CT molecular complexity index is 569. The first-order valence-electron chi connectivity index (χ1n) is 7.29. The summed E-state index contributed by atoms with van der Waals surface area (Å²) in [5, 5.41) is 34.7. The van der Waals surface area contributed by atoms with Crippen LogP contribution in [0.25, 0.3) is 0 Å². The highest BCUT2D eigenvalue weighted by molar-refractivity contribution is 5.72. The molecule has 0 aliphatic heterocycles. The predicted molar refractivity (Wildman–Crippen MR) is 87.6 cm³/mol. The summed E-state index contributed by atoms with van der Waals surface area (Å²) in [5.41, 5.74) is 1.65. The molecule has 0 saturated heterocycles. The zero-order valence-electron chi connectivity index (χ0n) is 12.9. The van der Waals surface area contributed by atoms with Crippen molar-refractivity contribution >= 4 is 11.9 Å². The van der Waals surface area contributed by atoms with Gasteiger partial charge in [-0.15, -0.1) is 0 Å². The Morgan fingerprint density at radius 2 is 0.958 bits per heavy atom. The molecule has 0 saturated carbocycles. The molecule has 0 bridgehead atoms. The van der Waals surface area contributed by atoms with Crippen LogP contribution in [0.2, 0.25) is 0 Å². The summed E-state index contributed by atoms with van der Waals surface area (Å²) in [6.45, 7) is 0. The van der Waals surface area contributed by atoms with E-state index in [2.05, 4.69) is 0 Å². The lowest BCUT2D eigenvalue weighted by atomic mass is 10.1. The molecule has 6 heteroatoms. The Morgan fingerprint density at radius 1 is 0.667 bits per heavy atom. The number of aliphatic hydroxyl groups is 2. The maximum atomic E-state index is 10.3. The maximum Gasteiger partial charge on any atom is 0.332 e. The third kappa shape index (κ3) is 7.53. The van der Waals surface area contributed by atoms with Crippen molar-refractivity contribution in [3.63, 3.8) is 0 Å². The van der Waals surface area contributed by atoms with Gasteiger partial charge in [0.1, 0.15) is 0 Å².